The van der Waals surface area contributed by atoms with Gasteiger partial charge in [0.25, 0.3) is 11.6 Å². The van der Waals surface area contributed by atoms with E-state index in [4.69, 9.17) is 26.0 Å². The molecule has 3 aromatic rings. The first-order valence-electron chi connectivity index (χ1n) is 10.8. The van der Waals surface area contributed by atoms with Crippen LogP contribution in [0.25, 0.3) is 11.3 Å². The highest BCUT2D eigenvalue weighted by molar-refractivity contribution is 6.33. The molecule has 2 aromatic carbocycles. The van der Waals surface area contributed by atoms with E-state index in [2.05, 4.69) is 10.5 Å². The molecule has 1 fully saturated rings. The number of carboxylic acid groups (broad SMARTS) is 1. The molecular formula is C23H22ClN5O7. The number of piperazine rings is 1. The second-order valence-corrected chi connectivity index (χ2v) is 8.39. The summed E-state index contributed by atoms with van der Waals surface area (Å²) in [5.41, 5.74) is 1.74. The number of aromatic nitrogens is 1. The molecule has 36 heavy (non-hydrogen) atoms. The van der Waals surface area contributed by atoms with Gasteiger partial charge in [-0.2, -0.15) is 0 Å². The fourth-order valence-electron chi connectivity index (χ4n) is 4.08. The number of nitro groups is 1. The molecule has 0 saturated carbocycles. The van der Waals surface area contributed by atoms with Gasteiger partial charge in [0, 0.05) is 49.6 Å². The Bertz CT molecular complexity index is 1330. The number of aryl methyl sites for hydroxylation is 1. The lowest BCUT2D eigenvalue weighted by Gasteiger charge is -2.36. The Labute approximate surface area is 210 Å². The quantitative estimate of drug-likeness (QED) is 0.362. The van der Waals surface area contributed by atoms with Crippen LogP contribution in [0.4, 0.5) is 21.9 Å². The minimum Gasteiger partial charge on any atom is -0.496 e. The molecule has 0 atom stereocenters. The summed E-state index contributed by atoms with van der Waals surface area (Å²) in [5.74, 6) is 0.414. The number of carbonyl (C=O) groups excluding carboxylic acids is 1. The number of anilines is 2. The van der Waals surface area contributed by atoms with Crippen molar-refractivity contribution in [3.05, 3.63) is 62.9 Å². The van der Waals surface area contributed by atoms with Crippen molar-refractivity contribution in [1.29, 1.82) is 0 Å². The van der Waals surface area contributed by atoms with E-state index in [0.717, 1.165) is 0 Å². The van der Waals surface area contributed by atoms with Crippen LogP contribution in [0, 0.1) is 17.0 Å². The second kappa shape index (κ2) is 10.1. The standard InChI is InChI=1S/C23H22ClN5O7/c1-13-20(21(26-36-13)16-11-14(25-23(31)32)3-6-19(16)35-2)22(30)28-9-7-27(8-10-28)18-5-4-15(29(33)34)12-17(18)24/h3-6,11-12,25H,7-10H2,1-2H3,(H,31,32). The highest BCUT2D eigenvalue weighted by atomic mass is 35.5. The van der Waals surface area contributed by atoms with Gasteiger partial charge in [-0.3, -0.25) is 20.2 Å². The van der Waals surface area contributed by atoms with Gasteiger partial charge in [-0.05, 0) is 31.2 Å². The fourth-order valence-corrected chi connectivity index (χ4v) is 4.37. The van der Waals surface area contributed by atoms with Gasteiger partial charge >= 0.3 is 6.09 Å². The minimum atomic E-state index is -1.23. The third kappa shape index (κ3) is 4.89. The van der Waals surface area contributed by atoms with E-state index in [1.165, 1.54) is 31.4 Å². The molecule has 12 nitrogen and oxygen atoms in total. The number of halogens is 1. The van der Waals surface area contributed by atoms with Crippen molar-refractivity contribution in [3.8, 4) is 17.0 Å². The lowest BCUT2D eigenvalue weighted by molar-refractivity contribution is -0.384. The Morgan fingerprint density at radius 2 is 1.92 bits per heavy atom. The fraction of sp³-hybridized carbons (Fsp3) is 0.261. The number of hydrogen-bond donors (Lipinski definition) is 2. The number of methoxy groups -OCH3 is 1. The summed E-state index contributed by atoms with van der Waals surface area (Å²) in [4.78, 5) is 38.7. The van der Waals surface area contributed by atoms with Crippen LogP contribution < -0.4 is 15.0 Å². The van der Waals surface area contributed by atoms with Gasteiger partial charge in [-0.25, -0.2) is 4.79 Å². The third-order valence-electron chi connectivity index (χ3n) is 5.83. The number of benzene rings is 2. The van der Waals surface area contributed by atoms with E-state index < -0.39 is 11.0 Å². The van der Waals surface area contributed by atoms with Gasteiger partial charge in [-0.1, -0.05) is 16.8 Å². The van der Waals surface area contributed by atoms with Crippen LogP contribution in [-0.2, 0) is 0 Å². The van der Waals surface area contributed by atoms with Crippen LogP contribution >= 0.6 is 11.6 Å². The average Bonchev–Trinajstić information content (AvgIpc) is 3.24. The first kappa shape index (κ1) is 24.8. The number of rotatable bonds is 6. The van der Waals surface area contributed by atoms with Crippen molar-refractivity contribution in [2.24, 2.45) is 0 Å². The predicted molar refractivity (Wildman–Crippen MR) is 131 cm³/mol. The molecule has 188 valence electrons. The highest BCUT2D eigenvalue weighted by Crippen LogP contribution is 2.36. The monoisotopic (exact) mass is 515 g/mol. The molecule has 2 heterocycles. The van der Waals surface area contributed by atoms with Crippen molar-refractivity contribution in [1.82, 2.24) is 10.1 Å². The zero-order chi connectivity index (χ0) is 26.0. The van der Waals surface area contributed by atoms with Gasteiger partial charge < -0.3 is 24.2 Å². The first-order valence-corrected chi connectivity index (χ1v) is 11.2. The summed E-state index contributed by atoms with van der Waals surface area (Å²) < 4.78 is 10.8. The maximum absolute atomic E-state index is 13.5. The summed E-state index contributed by atoms with van der Waals surface area (Å²) >= 11 is 6.27. The number of nitro benzene ring substituents is 1. The Kier molecular flexibility index (Phi) is 6.97. The van der Waals surface area contributed by atoms with Crippen molar-refractivity contribution >= 4 is 40.7 Å². The van der Waals surface area contributed by atoms with Crippen LogP contribution in [0.5, 0.6) is 5.75 Å². The van der Waals surface area contributed by atoms with Crippen LogP contribution in [0.15, 0.2) is 40.9 Å². The molecule has 2 N–H and O–H groups in total. The van der Waals surface area contributed by atoms with E-state index in [-0.39, 0.29) is 33.6 Å². The van der Waals surface area contributed by atoms with Gasteiger partial charge in [0.1, 0.15) is 22.8 Å². The predicted octanol–water partition coefficient (Wildman–Crippen LogP) is 4.27. The number of nitrogens with one attached hydrogen (secondary N) is 1. The molecule has 0 bridgehead atoms. The molecule has 1 aliphatic rings. The number of non-ortho nitro benzene ring substituents is 1. The van der Waals surface area contributed by atoms with Gasteiger partial charge in [-0.15, -0.1) is 0 Å². The molecule has 1 aromatic heterocycles. The first-order chi connectivity index (χ1) is 17.2. The van der Waals surface area contributed by atoms with E-state index in [9.17, 15) is 19.7 Å². The maximum Gasteiger partial charge on any atom is 0.409 e. The Morgan fingerprint density at radius 3 is 2.53 bits per heavy atom. The second-order valence-electron chi connectivity index (χ2n) is 7.98. The molecule has 1 saturated heterocycles. The smallest absolute Gasteiger partial charge is 0.409 e. The third-order valence-corrected chi connectivity index (χ3v) is 6.13. The van der Waals surface area contributed by atoms with Crippen LogP contribution in [-0.4, -0.2) is 65.4 Å². The average molecular weight is 516 g/mol. The van der Waals surface area contributed by atoms with Crippen molar-refractivity contribution < 1.29 is 28.9 Å². The minimum absolute atomic E-state index is 0.0916. The molecular weight excluding hydrogens is 494 g/mol. The molecule has 1 aliphatic heterocycles. The van der Waals surface area contributed by atoms with Gasteiger partial charge in [0.2, 0.25) is 0 Å². The Hall–Kier alpha value is -4.32. The number of carbonyl (C=O) groups is 2. The molecule has 0 radical (unpaired) electrons. The molecule has 4 rings (SSSR count). The SMILES string of the molecule is COc1ccc(NC(=O)O)cc1-c1noc(C)c1C(=O)N1CCN(c2ccc([N+](=O)[O-])cc2Cl)CC1. The van der Waals surface area contributed by atoms with Crippen molar-refractivity contribution in [2.75, 3.05) is 43.5 Å². The summed E-state index contributed by atoms with van der Waals surface area (Å²) in [6.45, 7) is 3.29. The molecule has 0 aliphatic carbocycles. The van der Waals surface area contributed by atoms with E-state index >= 15 is 0 Å². The molecule has 0 unspecified atom stereocenters. The topological polar surface area (TPSA) is 151 Å². The van der Waals surface area contributed by atoms with Crippen molar-refractivity contribution in [2.45, 2.75) is 6.92 Å². The summed E-state index contributed by atoms with van der Waals surface area (Å²) in [6, 6.07) is 8.94. The van der Waals surface area contributed by atoms with Crippen LogP contribution in [0.3, 0.4) is 0 Å². The number of ether oxygens (including phenoxy) is 1. The van der Waals surface area contributed by atoms with E-state index in [0.29, 0.717) is 48.9 Å². The zero-order valence-corrected chi connectivity index (χ0v) is 20.1. The highest BCUT2D eigenvalue weighted by Gasteiger charge is 2.30. The summed E-state index contributed by atoms with van der Waals surface area (Å²) in [6.07, 6.45) is -1.23. The largest absolute Gasteiger partial charge is 0.496 e. The molecule has 13 heteroatoms. The maximum atomic E-state index is 13.5. The zero-order valence-electron chi connectivity index (χ0n) is 19.4. The lowest BCUT2D eigenvalue weighted by Crippen LogP contribution is -2.49. The summed E-state index contributed by atoms with van der Waals surface area (Å²) in [5, 5.41) is 26.6. The Balaban J connectivity index is 1.56. The molecule has 0 spiro atoms. The number of nitrogens with zero attached hydrogens (tertiary/aromatic N) is 4. The van der Waals surface area contributed by atoms with Gasteiger partial charge in [0.15, 0.2) is 0 Å². The summed E-state index contributed by atoms with van der Waals surface area (Å²) in [7, 11) is 1.46. The molecule has 2 amide bonds. The number of amides is 2. The normalized spacial score (nSPS) is 13.4. The van der Waals surface area contributed by atoms with E-state index in [1.807, 2.05) is 4.90 Å². The number of hydrogen-bond acceptors (Lipinski definition) is 8. The van der Waals surface area contributed by atoms with Crippen LogP contribution in [0.1, 0.15) is 16.1 Å². The van der Waals surface area contributed by atoms with Crippen LogP contribution in [0.2, 0.25) is 5.02 Å². The lowest BCUT2D eigenvalue weighted by atomic mass is 10.0. The Morgan fingerprint density at radius 1 is 1.19 bits per heavy atom. The van der Waals surface area contributed by atoms with E-state index in [1.54, 1.807) is 24.0 Å². The van der Waals surface area contributed by atoms with Crippen molar-refractivity contribution in [3.63, 3.8) is 0 Å². The van der Waals surface area contributed by atoms with Gasteiger partial charge in [0.05, 0.1) is 22.7 Å².